The van der Waals surface area contributed by atoms with Crippen LogP contribution >= 0.6 is 0 Å². The molecule has 0 amide bonds. The Hall–Kier alpha value is -2.92. The fourth-order valence-corrected chi connectivity index (χ4v) is 2.64. The van der Waals surface area contributed by atoms with E-state index in [1.807, 2.05) is 0 Å². The van der Waals surface area contributed by atoms with Crippen LogP contribution in [-0.4, -0.2) is 28.1 Å². The van der Waals surface area contributed by atoms with Crippen LogP contribution in [0.15, 0.2) is 0 Å². The number of Topliss-reactive ketones (excluding diaryl/α,β-unsaturated/α-hetero) is 2. The van der Waals surface area contributed by atoms with E-state index in [0.717, 1.165) is 0 Å². The zero-order valence-electron chi connectivity index (χ0n) is 15.9. The number of hydrogen-bond donors (Lipinski definition) is 0. The molecule has 2 atom stereocenters. The summed E-state index contributed by atoms with van der Waals surface area (Å²) in [6.45, 7) is 4.13. The summed E-state index contributed by atoms with van der Waals surface area (Å²) in [7, 11) is 0. The highest BCUT2D eigenvalue weighted by Gasteiger charge is 2.47. The van der Waals surface area contributed by atoms with Gasteiger partial charge in [-0.15, -0.1) is 0 Å². The number of alkyl halides is 1. The molecule has 12 heteroatoms. The molecule has 0 N–H and O–H groups in total. The smallest absolute Gasteiger partial charge is 0.381 e. The summed E-state index contributed by atoms with van der Waals surface area (Å²) in [6, 6.07) is 0. The van der Waals surface area contributed by atoms with Gasteiger partial charge in [-0.05, 0) is 33.6 Å². The van der Waals surface area contributed by atoms with Crippen LogP contribution in [0.1, 0.15) is 55.8 Å². The molecule has 2 rings (SSSR count). The Morgan fingerprint density at radius 3 is 1.87 bits per heavy atom. The molecule has 0 aromatic heterocycles. The van der Waals surface area contributed by atoms with Gasteiger partial charge in [-0.1, -0.05) is 0 Å². The van der Waals surface area contributed by atoms with E-state index in [2.05, 4.69) is 0 Å². The lowest BCUT2D eigenvalue weighted by Gasteiger charge is -2.23. The van der Waals surface area contributed by atoms with Crippen molar-refractivity contribution in [3.63, 3.8) is 0 Å². The molecule has 0 spiro atoms. The molecule has 0 bridgehead atoms. The highest BCUT2D eigenvalue weighted by atomic mass is 19.2. The van der Waals surface area contributed by atoms with E-state index in [1.165, 1.54) is 20.8 Å². The first kappa shape index (κ1) is 23.4. The lowest BCUT2D eigenvalue weighted by atomic mass is 9.89. The van der Waals surface area contributed by atoms with Crippen LogP contribution in [0.25, 0.3) is 0 Å². The van der Waals surface area contributed by atoms with Crippen LogP contribution in [-0.2, 0) is 14.3 Å². The zero-order valence-corrected chi connectivity index (χ0v) is 15.9. The molecule has 1 aliphatic carbocycles. The predicted octanol–water partition coefficient (Wildman–Crippen LogP) is 3.61. The van der Waals surface area contributed by atoms with Gasteiger partial charge >= 0.3 is 12.3 Å². The Morgan fingerprint density at radius 1 is 1.03 bits per heavy atom. The number of carbonyl (C=O) groups excluding carboxylic acids is 3. The van der Waals surface area contributed by atoms with Gasteiger partial charge in [-0.25, -0.2) is 17.6 Å². The minimum atomic E-state index is -3.66. The Morgan fingerprint density at radius 2 is 1.50 bits per heavy atom. The van der Waals surface area contributed by atoms with Crippen molar-refractivity contribution in [3.05, 3.63) is 44.5 Å². The largest absolute Gasteiger partial charge is 0.459 e. The molecule has 2 unspecified atom stereocenters. The second-order valence-corrected chi connectivity index (χ2v) is 7.67. The lowest BCUT2D eigenvalue weighted by Crippen LogP contribution is -2.39. The number of benzene rings is 1. The fraction of sp³-hybridized carbons (Fsp3) is 0.500. The van der Waals surface area contributed by atoms with Crippen molar-refractivity contribution in [1.82, 2.24) is 0 Å². The fourth-order valence-electron chi connectivity index (χ4n) is 2.64. The topological polar surface area (TPSA) is 104 Å². The van der Waals surface area contributed by atoms with Crippen molar-refractivity contribution in [2.45, 2.75) is 45.5 Å². The third-order valence-electron chi connectivity index (χ3n) is 4.14. The van der Waals surface area contributed by atoms with E-state index in [-0.39, 0.29) is 12.8 Å². The number of nitro groups is 1. The molecule has 7 nitrogen and oxygen atoms in total. The molecule has 164 valence electrons. The van der Waals surface area contributed by atoms with Crippen molar-refractivity contribution in [2.75, 3.05) is 0 Å². The van der Waals surface area contributed by atoms with Gasteiger partial charge in [0, 0.05) is 5.92 Å². The maximum atomic E-state index is 14.4. The first-order chi connectivity index (χ1) is 13.7. The Labute approximate surface area is 166 Å². The number of hydrogen-bond acceptors (Lipinski definition) is 6. The Kier molecular flexibility index (Phi) is 6.29. The average Bonchev–Trinajstić information content (AvgIpc) is 3.43. The number of carbonyl (C=O) groups is 3. The van der Waals surface area contributed by atoms with Gasteiger partial charge in [0.05, 0.1) is 10.5 Å². The average molecular weight is 437 g/mol. The number of rotatable bonds is 7. The Balaban J connectivity index is 2.62. The van der Waals surface area contributed by atoms with Crippen LogP contribution in [0.4, 0.5) is 22.0 Å². The molecule has 1 aliphatic rings. The lowest BCUT2D eigenvalue weighted by molar-refractivity contribution is -0.561. The van der Waals surface area contributed by atoms with E-state index in [4.69, 9.17) is 4.74 Å². The number of ether oxygens (including phenoxy) is 1. The van der Waals surface area contributed by atoms with Crippen molar-refractivity contribution < 1.29 is 46.0 Å². The Bertz CT molecular complexity index is 909. The number of halogens is 5. The number of ketones is 2. The highest BCUT2D eigenvalue weighted by molar-refractivity contribution is 6.23. The minimum absolute atomic E-state index is 0.282. The molecule has 0 heterocycles. The monoisotopic (exact) mass is 437 g/mol. The van der Waals surface area contributed by atoms with E-state index >= 15 is 0 Å². The van der Waals surface area contributed by atoms with Gasteiger partial charge in [0.15, 0.2) is 40.8 Å². The van der Waals surface area contributed by atoms with Gasteiger partial charge in [-0.2, -0.15) is 4.39 Å². The van der Waals surface area contributed by atoms with E-state index in [9.17, 15) is 46.5 Å². The first-order valence-electron chi connectivity index (χ1n) is 8.63. The third kappa shape index (κ3) is 4.46. The van der Waals surface area contributed by atoms with Gasteiger partial charge in [-0.3, -0.25) is 24.5 Å². The molecule has 0 radical (unpaired) electrons. The maximum Gasteiger partial charge on any atom is 0.381 e. The molecule has 0 saturated heterocycles. The first-order valence-corrected chi connectivity index (χ1v) is 8.63. The summed E-state index contributed by atoms with van der Waals surface area (Å²) in [5.74, 6) is -17.6. The molecular weight excluding hydrogens is 421 g/mol. The summed E-state index contributed by atoms with van der Waals surface area (Å²) in [5.41, 5.74) is -5.37. The van der Waals surface area contributed by atoms with E-state index in [1.54, 1.807) is 0 Å². The highest BCUT2D eigenvalue weighted by Crippen LogP contribution is 2.36. The molecule has 0 aliphatic heterocycles. The van der Waals surface area contributed by atoms with Crippen LogP contribution in [0.5, 0.6) is 0 Å². The normalized spacial score (nSPS) is 16.0. The van der Waals surface area contributed by atoms with E-state index < -0.39 is 80.6 Å². The van der Waals surface area contributed by atoms with Crippen molar-refractivity contribution in [1.29, 1.82) is 0 Å². The van der Waals surface area contributed by atoms with Gasteiger partial charge in [0.25, 0.3) is 0 Å². The van der Waals surface area contributed by atoms with Crippen LogP contribution in [0, 0.1) is 45.2 Å². The molecule has 1 fully saturated rings. The SMILES string of the molecule is CC(C)(C)OC(=O)C(C(=O)c1c(F)c(F)c(C(F)[N+](=O)[O-])c(F)c1F)C(=O)C1CC1. The van der Waals surface area contributed by atoms with Crippen LogP contribution < -0.4 is 0 Å². The zero-order chi connectivity index (χ0) is 23.1. The van der Waals surface area contributed by atoms with E-state index in [0.29, 0.717) is 0 Å². The predicted molar refractivity (Wildman–Crippen MR) is 88.5 cm³/mol. The standard InChI is InChI=1S/C18H16F5NO6/c1-18(2,3)30-17(27)9(14(25)6-4-5-6)15(26)7-10(19)12(21)8(13(22)11(7)20)16(23)24(28)29/h6,9,16H,4-5H2,1-3H3. The summed E-state index contributed by atoms with van der Waals surface area (Å²) < 4.78 is 75.3. The number of nitrogens with zero attached hydrogens (tertiary/aromatic N) is 1. The van der Waals surface area contributed by atoms with Crippen LogP contribution in [0.3, 0.4) is 0 Å². The third-order valence-corrected chi connectivity index (χ3v) is 4.14. The van der Waals surface area contributed by atoms with Gasteiger partial charge < -0.3 is 4.74 Å². The molecule has 1 saturated carbocycles. The second kappa shape index (κ2) is 8.07. The quantitative estimate of drug-likeness (QED) is 0.0944. The minimum Gasteiger partial charge on any atom is -0.459 e. The molecular formula is C18H16F5NO6. The summed E-state index contributed by atoms with van der Waals surface area (Å²) in [4.78, 5) is 46.0. The molecule has 30 heavy (non-hydrogen) atoms. The van der Waals surface area contributed by atoms with Gasteiger partial charge in [0.2, 0.25) is 0 Å². The van der Waals surface area contributed by atoms with Crippen molar-refractivity contribution >= 4 is 17.5 Å². The van der Waals surface area contributed by atoms with Gasteiger partial charge in [0.1, 0.15) is 11.2 Å². The van der Waals surface area contributed by atoms with Crippen LogP contribution in [0.2, 0.25) is 0 Å². The molecule has 1 aromatic rings. The molecule has 1 aromatic carbocycles. The summed E-state index contributed by atoms with van der Waals surface area (Å²) in [5, 5.41) is 10.4. The van der Waals surface area contributed by atoms with Crippen molar-refractivity contribution in [2.24, 2.45) is 11.8 Å². The number of esters is 1. The summed E-state index contributed by atoms with van der Waals surface area (Å²) >= 11 is 0. The second-order valence-electron chi connectivity index (χ2n) is 7.67. The summed E-state index contributed by atoms with van der Waals surface area (Å²) in [6.07, 6.45) is -3.10. The maximum absolute atomic E-state index is 14.4. The van der Waals surface area contributed by atoms with Crippen molar-refractivity contribution in [3.8, 4) is 0 Å².